The fourth-order valence-electron chi connectivity index (χ4n) is 2.54. The first-order valence-corrected chi connectivity index (χ1v) is 8.98. The zero-order chi connectivity index (χ0) is 19.2. The third-order valence-corrected chi connectivity index (χ3v) is 4.41. The highest BCUT2D eigenvalue weighted by atomic mass is 35.5. The van der Waals surface area contributed by atoms with Gasteiger partial charge in [0.05, 0.1) is 17.3 Å². The Bertz CT molecular complexity index is 975. The minimum absolute atomic E-state index is 0.0259. The number of para-hydroxylation sites is 1. The van der Waals surface area contributed by atoms with Crippen molar-refractivity contribution in [1.29, 1.82) is 0 Å². The predicted molar refractivity (Wildman–Crippen MR) is 110 cm³/mol. The van der Waals surface area contributed by atoms with E-state index in [1.165, 1.54) is 0 Å². The van der Waals surface area contributed by atoms with Crippen molar-refractivity contribution in [2.24, 2.45) is 0 Å². The number of nitrogens with one attached hydrogen (secondary N) is 2. The molecule has 0 aliphatic carbocycles. The normalized spacial score (nSPS) is 10.3. The van der Waals surface area contributed by atoms with Gasteiger partial charge in [-0.25, -0.2) is 0 Å². The largest absolute Gasteiger partial charge is 0.376 e. The van der Waals surface area contributed by atoms with Gasteiger partial charge in [-0.2, -0.15) is 0 Å². The van der Waals surface area contributed by atoms with E-state index in [1.807, 2.05) is 6.07 Å². The average molecular weight is 399 g/mol. The van der Waals surface area contributed by atoms with Crippen molar-refractivity contribution < 1.29 is 9.59 Å². The molecule has 0 saturated carbocycles. The van der Waals surface area contributed by atoms with Crippen molar-refractivity contribution in [3.8, 4) is 0 Å². The Labute approximate surface area is 167 Å². The van der Waals surface area contributed by atoms with Crippen molar-refractivity contribution in [2.75, 3.05) is 17.2 Å². The number of carbonyl (C=O) groups excluding carboxylic acids is 2. The third-order valence-electron chi connectivity index (χ3n) is 3.85. The summed E-state index contributed by atoms with van der Waals surface area (Å²) in [6.45, 7) is -0.0259. The van der Waals surface area contributed by atoms with E-state index in [2.05, 4.69) is 10.6 Å². The van der Waals surface area contributed by atoms with Crippen LogP contribution in [0.15, 0.2) is 72.8 Å². The SMILES string of the molecule is O=C(CNc1ccc(Cl)cc1C(=O)c1ccccc1)Nc1ccccc1Cl. The lowest BCUT2D eigenvalue weighted by atomic mass is 10.0. The number of carbonyl (C=O) groups is 2. The molecule has 0 unspecified atom stereocenters. The Morgan fingerprint density at radius 2 is 1.52 bits per heavy atom. The monoisotopic (exact) mass is 398 g/mol. The summed E-state index contributed by atoms with van der Waals surface area (Å²) in [6, 6.07) is 20.8. The molecule has 6 heteroatoms. The Kier molecular flexibility index (Phi) is 6.12. The van der Waals surface area contributed by atoms with Gasteiger partial charge in [-0.3, -0.25) is 9.59 Å². The van der Waals surface area contributed by atoms with Crippen LogP contribution in [-0.4, -0.2) is 18.2 Å². The van der Waals surface area contributed by atoms with Gasteiger partial charge in [-0.1, -0.05) is 65.7 Å². The number of rotatable bonds is 6. The molecule has 2 N–H and O–H groups in total. The molecule has 3 rings (SSSR count). The van der Waals surface area contributed by atoms with E-state index in [9.17, 15) is 9.59 Å². The maximum Gasteiger partial charge on any atom is 0.243 e. The molecule has 0 radical (unpaired) electrons. The van der Waals surface area contributed by atoms with Gasteiger partial charge < -0.3 is 10.6 Å². The van der Waals surface area contributed by atoms with Crippen molar-refractivity contribution in [3.05, 3.63) is 94.0 Å². The molecule has 0 fully saturated rings. The lowest BCUT2D eigenvalue weighted by Gasteiger charge is -2.13. The number of hydrogen-bond acceptors (Lipinski definition) is 3. The molecule has 0 saturated heterocycles. The number of anilines is 2. The molecule has 1 amide bonds. The molecular formula is C21H16Cl2N2O2. The number of ketones is 1. The van der Waals surface area contributed by atoms with Gasteiger partial charge in [0.25, 0.3) is 0 Å². The van der Waals surface area contributed by atoms with Crippen LogP contribution in [0.1, 0.15) is 15.9 Å². The van der Waals surface area contributed by atoms with Crippen LogP contribution >= 0.6 is 23.2 Å². The molecule has 3 aromatic rings. The van der Waals surface area contributed by atoms with Crippen LogP contribution < -0.4 is 10.6 Å². The molecule has 0 aromatic heterocycles. The minimum Gasteiger partial charge on any atom is -0.376 e. The average Bonchev–Trinajstić information content (AvgIpc) is 2.69. The summed E-state index contributed by atoms with van der Waals surface area (Å²) in [7, 11) is 0. The molecule has 27 heavy (non-hydrogen) atoms. The molecule has 3 aromatic carbocycles. The molecule has 4 nitrogen and oxygen atoms in total. The van der Waals surface area contributed by atoms with Crippen LogP contribution in [0.5, 0.6) is 0 Å². The summed E-state index contributed by atoms with van der Waals surface area (Å²) < 4.78 is 0. The highest BCUT2D eigenvalue weighted by Gasteiger charge is 2.15. The van der Waals surface area contributed by atoms with E-state index in [0.717, 1.165) is 0 Å². The van der Waals surface area contributed by atoms with Crippen LogP contribution in [-0.2, 0) is 4.79 Å². The number of amides is 1. The first-order chi connectivity index (χ1) is 13.0. The fourth-order valence-corrected chi connectivity index (χ4v) is 2.89. The summed E-state index contributed by atoms with van der Waals surface area (Å²) in [5.74, 6) is -0.455. The van der Waals surface area contributed by atoms with E-state index in [0.29, 0.717) is 32.5 Å². The highest BCUT2D eigenvalue weighted by molar-refractivity contribution is 6.33. The molecule has 0 spiro atoms. The topological polar surface area (TPSA) is 58.2 Å². The second-order valence-electron chi connectivity index (χ2n) is 5.77. The Morgan fingerprint density at radius 1 is 0.815 bits per heavy atom. The van der Waals surface area contributed by atoms with E-state index in [4.69, 9.17) is 23.2 Å². The number of hydrogen-bond donors (Lipinski definition) is 2. The van der Waals surface area contributed by atoms with Gasteiger partial charge in [-0.15, -0.1) is 0 Å². The van der Waals surface area contributed by atoms with E-state index < -0.39 is 0 Å². The van der Waals surface area contributed by atoms with Crippen LogP contribution in [0.3, 0.4) is 0 Å². The van der Waals surface area contributed by atoms with Crippen LogP contribution in [0.2, 0.25) is 10.0 Å². The maximum absolute atomic E-state index is 12.8. The van der Waals surface area contributed by atoms with Gasteiger partial charge in [0.1, 0.15) is 0 Å². The summed E-state index contributed by atoms with van der Waals surface area (Å²) in [4.78, 5) is 25.0. The third kappa shape index (κ3) is 4.88. The predicted octanol–water partition coefficient (Wildman–Crippen LogP) is 5.28. The minimum atomic E-state index is -0.281. The molecule has 0 bridgehead atoms. The maximum atomic E-state index is 12.8. The number of halogens is 2. The van der Waals surface area contributed by atoms with Crippen molar-refractivity contribution in [3.63, 3.8) is 0 Å². The van der Waals surface area contributed by atoms with Crippen LogP contribution in [0, 0.1) is 0 Å². The van der Waals surface area contributed by atoms with E-state index >= 15 is 0 Å². The lowest BCUT2D eigenvalue weighted by Crippen LogP contribution is -2.22. The first kappa shape index (κ1) is 19.0. The quantitative estimate of drug-likeness (QED) is 0.555. The Balaban J connectivity index is 1.74. The van der Waals surface area contributed by atoms with Gasteiger partial charge in [0.2, 0.25) is 5.91 Å². The summed E-state index contributed by atoms with van der Waals surface area (Å²) >= 11 is 12.1. The molecule has 136 valence electrons. The van der Waals surface area contributed by atoms with Gasteiger partial charge >= 0.3 is 0 Å². The summed E-state index contributed by atoms with van der Waals surface area (Å²) in [6.07, 6.45) is 0. The fraction of sp³-hybridized carbons (Fsp3) is 0.0476. The molecule has 0 heterocycles. The smallest absolute Gasteiger partial charge is 0.243 e. The summed E-state index contributed by atoms with van der Waals surface area (Å²) in [5.41, 5.74) is 2.01. The summed E-state index contributed by atoms with van der Waals surface area (Å²) in [5, 5.41) is 6.62. The van der Waals surface area contributed by atoms with Crippen molar-refractivity contribution in [2.45, 2.75) is 0 Å². The zero-order valence-corrected chi connectivity index (χ0v) is 15.7. The van der Waals surface area contributed by atoms with Crippen LogP contribution in [0.25, 0.3) is 0 Å². The van der Waals surface area contributed by atoms with Gasteiger partial charge in [-0.05, 0) is 30.3 Å². The van der Waals surface area contributed by atoms with Crippen molar-refractivity contribution >= 4 is 46.3 Å². The second kappa shape index (κ2) is 8.71. The van der Waals surface area contributed by atoms with E-state index in [1.54, 1.807) is 66.7 Å². The zero-order valence-electron chi connectivity index (χ0n) is 14.2. The molecular weight excluding hydrogens is 383 g/mol. The van der Waals surface area contributed by atoms with Gasteiger partial charge in [0.15, 0.2) is 5.78 Å². The first-order valence-electron chi connectivity index (χ1n) is 8.22. The second-order valence-corrected chi connectivity index (χ2v) is 6.61. The standard InChI is InChI=1S/C21H16Cl2N2O2/c22-15-10-11-18(16(12-15)21(27)14-6-2-1-3-7-14)24-13-20(26)25-19-9-5-4-8-17(19)23/h1-12,24H,13H2,(H,25,26). The van der Waals surface area contributed by atoms with Crippen LogP contribution in [0.4, 0.5) is 11.4 Å². The molecule has 0 atom stereocenters. The van der Waals surface area contributed by atoms with E-state index in [-0.39, 0.29) is 18.2 Å². The molecule has 0 aliphatic heterocycles. The Morgan fingerprint density at radius 3 is 2.26 bits per heavy atom. The highest BCUT2D eigenvalue weighted by Crippen LogP contribution is 2.24. The van der Waals surface area contributed by atoms with Crippen molar-refractivity contribution in [1.82, 2.24) is 0 Å². The Hall–Kier alpha value is -2.82. The number of benzene rings is 3. The lowest BCUT2D eigenvalue weighted by molar-refractivity contribution is -0.114. The van der Waals surface area contributed by atoms with Gasteiger partial charge in [0, 0.05) is 21.8 Å². The molecule has 0 aliphatic rings.